The summed E-state index contributed by atoms with van der Waals surface area (Å²) in [7, 11) is 0. The molecule has 1 atom stereocenters. The average molecular weight is 290 g/mol. The van der Waals surface area contributed by atoms with Crippen molar-refractivity contribution in [1.29, 1.82) is 0 Å². The first-order valence-corrected chi connectivity index (χ1v) is 7.03. The van der Waals surface area contributed by atoms with Gasteiger partial charge in [0.1, 0.15) is 5.76 Å². The van der Waals surface area contributed by atoms with Crippen LogP contribution in [-0.4, -0.2) is 54.2 Å². The number of ether oxygens (including phenoxy) is 1. The molecule has 9 nitrogen and oxygen atoms in total. The smallest absolute Gasteiger partial charge is 0.218 e. The van der Waals surface area contributed by atoms with Gasteiger partial charge in [0.15, 0.2) is 17.8 Å². The van der Waals surface area contributed by atoms with E-state index >= 15 is 0 Å². The first-order chi connectivity index (χ1) is 10.3. The first-order valence-electron chi connectivity index (χ1n) is 7.03. The molecule has 0 aromatic rings. The lowest BCUT2D eigenvalue weighted by atomic mass is 10.2. The fraction of sp³-hybridized carbons (Fsp3) is 0.500. The molecule has 0 bridgehead atoms. The minimum atomic E-state index is -0.230. The molecule has 21 heavy (non-hydrogen) atoms. The van der Waals surface area contributed by atoms with Crippen LogP contribution in [0.25, 0.3) is 0 Å². The van der Waals surface area contributed by atoms with Crippen LogP contribution in [0, 0.1) is 0 Å². The zero-order valence-corrected chi connectivity index (χ0v) is 11.5. The quantitative estimate of drug-likeness (QED) is 0.482. The highest BCUT2D eigenvalue weighted by atomic mass is 16.5. The number of hydrogen-bond acceptors (Lipinski definition) is 9. The molecule has 0 fully saturated rings. The summed E-state index contributed by atoms with van der Waals surface area (Å²) in [5, 5.41) is 3.64. The predicted molar refractivity (Wildman–Crippen MR) is 77.3 cm³/mol. The van der Waals surface area contributed by atoms with Crippen LogP contribution in [-0.2, 0) is 4.74 Å². The zero-order valence-electron chi connectivity index (χ0n) is 11.5. The Bertz CT molecular complexity index is 592. The molecule has 0 radical (unpaired) electrons. The van der Waals surface area contributed by atoms with Gasteiger partial charge in [-0.25, -0.2) is 15.4 Å². The van der Waals surface area contributed by atoms with Crippen LogP contribution in [0.5, 0.6) is 0 Å². The van der Waals surface area contributed by atoms with E-state index in [1.165, 1.54) is 0 Å². The lowest BCUT2D eigenvalue weighted by Crippen LogP contribution is -2.51. The molecule has 1 unspecified atom stereocenters. The molecule has 6 N–H and O–H groups in total. The van der Waals surface area contributed by atoms with Crippen LogP contribution in [0.4, 0.5) is 0 Å². The Labute approximate surface area is 121 Å². The minimum Gasteiger partial charge on any atom is -0.494 e. The number of aliphatic imine (C=N–C) groups is 2. The number of hydrazine groups is 2. The standard InChI is InChI=1S/C12H18N8O/c13-3-4-19-10-7(6-15-19)11-16-9(8-2-1-5-21-8)18-20(11)12(14)17-10/h2,9,15,18H,1,3-6,13H2,(H2,14,17). The Morgan fingerprint density at radius 2 is 2.38 bits per heavy atom. The van der Waals surface area contributed by atoms with Gasteiger partial charge in [0.2, 0.25) is 5.96 Å². The maximum Gasteiger partial charge on any atom is 0.218 e. The van der Waals surface area contributed by atoms with E-state index in [1.54, 1.807) is 5.01 Å². The molecular weight excluding hydrogens is 272 g/mol. The van der Waals surface area contributed by atoms with Gasteiger partial charge in [-0.2, -0.15) is 10.4 Å². The lowest BCUT2D eigenvalue weighted by molar-refractivity contribution is 0.209. The molecule has 0 aromatic carbocycles. The Kier molecular flexibility index (Phi) is 2.84. The van der Waals surface area contributed by atoms with Crippen molar-refractivity contribution in [2.45, 2.75) is 12.6 Å². The predicted octanol–water partition coefficient (Wildman–Crippen LogP) is -1.85. The highest BCUT2D eigenvalue weighted by Gasteiger charge is 2.39. The molecular formula is C12H18N8O. The van der Waals surface area contributed by atoms with Crippen LogP contribution in [0.2, 0.25) is 0 Å². The van der Waals surface area contributed by atoms with Crippen molar-refractivity contribution in [1.82, 2.24) is 20.9 Å². The largest absolute Gasteiger partial charge is 0.494 e. The van der Waals surface area contributed by atoms with Gasteiger partial charge in [0.05, 0.1) is 12.2 Å². The van der Waals surface area contributed by atoms with Crippen molar-refractivity contribution in [3.63, 3.8) is 0 Å². The number of guanidine groups is 1. The van der Waals surface area contributed by atoms with E-state index in [4.69, 9.17) is 21.2 Å². The third-order valence-corrected chi connectivity index (χ3v) is 3.76. The van der Waals surface area contributed by atoms with Gasteiger partial charge in [0.25, 0.3) is 0 Å². The number of nitrogens with one attached hydrogen (secondary N) is 2. The molecule has 0 saturated carbocycles. The number of fused-ring (bicyclic) bond motifs is 2. The summed E-state index contributed by atoms with van der Waals surface area (Å²) in [5.74, 6) is 2.82. The number of nitrogens with two attached hydrogens (primary N) is 2. The first kappa shape index (κ1) is 12.6. The second kappa shape index (κ2) is 4.72. The van der Waals surface area contributed by atoms with Gasteiger partial charge < -0.3 is 16.2 Å². The van der Waals surface area contributed by atoms with E-state index in [-0.39, 0.29) is 6.17 Å². The fourth-order valence-electron chi connectivity index (χ4n) is 2.81. The van der Waals surface area contributed by atoms with E-state index < -0.39 is 0 Å². The maximum atomic E-state index is 6.05. The number of rotatable bonds is 3. The monoisotopic (exact) mass is 290 g/mol. The van der Waals surface area contributed by atoms with Crippen LogP contribution in [0.1, 0.15) is 6.42 Å². The van der Waals surface area contributed by atoms with Crippen molar-refractivity contribution in [2.24, 2.45) is 21.5 Å². The second-order valence-electron chi connectivity index (χ2n) is 5.11. The Hall–Kier alpha value is -2.10. The number of amidine groups is 1. The highest BCUT2D eigenvalue weighted by molar-refractivity contribution is 6.11. The van der Waals surface area contributed by atoms with E-state index in [2.05, 4.69) is 21.9 Å². The Morgan fingerprint density at radius 1 is 1.48 bits per heavy atom. The summed E-state index contributed by atoms with van der Waals surface area (Å²) in [6, 6.07) is 0. The molecule has 0 aromatic heterocycles. The van der Waals surface area contributed by atoms with Crippen LogP contribution in [0.3, 0.4) is 0 Å². The molecule has 9 heteroatoms. The topological polar surface area (TPSA) is 117 Å². The van der Waals surface area contributed by atoms with E-state index in [0.29, 0.717) is 32.2 Å². The molecule has 0 spiro atoms. The summed E-state index contributed by atoms with van der Waals surface area (Å²) in [6.07, 6.45) is 2.74. The number of nitrogens with zero attached hydrogens (tertiary/aromatic N) is 4. The van der Waals surface area contributed by atoms with Crippen LogP contribution < -0.4 is 22.3 Å². The third kappa shape index (κ3) is 1.89. The summed E-state index contributed by atoms with van der Waals surface area (Å²) in [6.45, 7) is 2.59. The highest BCUT2D eigenvalue weighted by Crippen LogP contribution is 2.27. The zero-order chi connectivity index (χ0) is 14.4. The van der Waals surface area contributed by atoms with Crippen molar-refractivity contribution in [3.05, 3.63) is 23.2 Å². The summed E-state index contributed by atoms with van der Waals surface area (Å²) in [4.78, 5) is 9.15. The average Bonchev–Trinajstić information content (AvgIpc) is 3.16. The van der Waals surface area contributed by atoms with Gasteiger partial charge in [-0.15, -0.1) is 0 Å². The normalized spacial score (nSPS) is 27.3. The number of hydrogen-bond donors (Lipinski definition) is 4. The third-order valence-electron chi connectivity index (χ3n) is 3.76. The Morgan fingerprint density at radius 3 is 3.14 bits per heavy atom. The minimum absolute atomic E-state index is 0.230. The lowest BCUT2D eigenvalue weighted by Gasteiger charge is -2.26. The molecule has 4 heterocycles. The molecule has 0 saturated heterocycles. The molecule has 0 aliphatic carbocycles. The van der Waals surface area contributed by atoms with E-state index in [9.17, 15) is 0 Å². The molecule has 4 aliphatic rings. The van der Waals surface area contributed by atoms with Gasteiger partial charge in [-0.05, 0) is 6.08 Å². The van der Waals surface area contributed by atoms with Gasteiger partial charge in [0, 0.05) is 26.1 Å². The summed E-state index contributed by atoms with van der Waals surface area (Å²) in [5.41, 5.74) is 19.2. The van der Waals surface area contributed by atoms with Crippen molar-refractivity contribution < 1.29 is 4.74 Å². The van der Waals surface area contributed by atoms with E-state index in [1.807, 2.05) is 5.01 Å². The molecule has 4 rings (SSSR count). The van der Waals surface area contributed by atoms with Gasteiger partial charge in [-0.1, -0.05) is 0 Å². The van der Waals surface area contributed by atoms with Crippen LogP contribution in [0.15, 0.2) is 33.2 Å². The molecule has 4 aliphatic heterocycles. The van der Waals surface area contributed by atoms with Gasteiger partial charge in [-0.3, -0.25) is 5.01 Å². The van der Waals surface area contributed by atoms with Crippen LogP contribution >= 0.6 is 0 Å². The van der Waals surface area contributed by atoms with E-state index in [0.717, 1.165) is 29.4 Å². The SMILES string of the molecule is NCCN1NCC2=C1N=C(N)N1NC(C3=CCCO3)N=C21. The summed E-state index contributed by atoms with van der Waals surface area (Å²) >= 11 is 0. The van der Waals surface area contributed by atoms with Gasteiger partial charge >= 0.3 is 0 Å². The summed E-state index contributed by atoms with van der Waals surface area (Å²) < 4.78 is 5.57. The molecule has 0 amide bonds. The second-order valence-corrected chi connectivity index (χ2v) is 5.11. The fourth-order valence-corrected chi connectivity index (χ4v) is 2.81. The maximum absolute atomic E-state index is 6.05. The van der Waals surface area contributed by atoms with Crippen molar-refractivity contribution in [3.8, 4) is 0 Å². The van der Waals surface area contributed by atoms with Crippen molar-refractivity contribution >= 4 is 11.8 Å². The van der Waals surface area contributed by atoms with Crippen molar-refractivity contribution in [2.75, 3.05) is 26.2 Å². The molecule has 112 valence electrons. The Balaban J connectivity index is 1.67.